The molecule has 1 N–H and O–H groups in total. The van der Waals surface area contributed by atoms with Gasteiger partial charge in [0.15, 0.2) is 0 Å². The first kappa shape index (κ1) is 13.3. The molecule has 0 spiro atoms. The van der Waals surface area contributed by atoms with Crippen LogP contribution in [0.2, 0.25) is 0 Å². The summed E-state index contributed by atoms with van der Waals surface area (Å²) in [4.78, 5) is 10.9. The van der Waals surface area contributed by atoms with Crippen LogP contribution in [0.15, 0.2) is 24.3 Å². The van der Waals surface area contributed by atoms with Crippen molar-refractivity contribution in [3.8, 4) is 5.75 Å². The van der Waals surface area contributed by atoms with Crippen molar-refractivity contribution in [1.82, 2.24) is 0 Å². The van der Waals surface area contributed by atoms with E-state index < -0.39 is 11.4 Å². The molecule has 1 aromatic carbocycles. The van der Waals surface area contributed by atoms with Gasteiger partial charge < -0.3 is 9.84 Å². The summed E-state index contributed by atoms with van der Waals surface area (Å²) in [5, 5.41) is 8.94. The van der Waals surface area contributed by atoms with Crippen molar-refractivity contribution >= 4 is 28.6 Å². The zero-order valence-corrected chi connectivity index (χ0v) is 11.5. The van der Waals surface area contributed by atoms with E-state index in [2.05, 4.69) is 22.6 Å². The van der Waals surface area contributed by atoms with Crippen LogP contribution in [0.5, 0.6) is 5.75 Å². The number of para-hydroxylation sites is 1. The highest BCUT2D eigenvalue weighted by Gasteiger charge is 2.26. The van der Waals surface area contributed by atoms with Crippen molar-refractivity contribution in [1.29, 1.82) is 0 Å². The van der Waals surface area contributed by atoms with E-state index in [1.807, 2.05) is 24.3 Å². The van der Waals surface area contributed by atoms with Crippen LogP contribution in [-0.4, -0.2) is 17.7 Å². The molecule has 3 nitrogen and oxygen atoms in total. The van der Waals surface area contributed by atoms with E-state index in [4.69, 9.17) is 9.84 Å². The number of carboxylic acid groups (broad SMARTS) is 1. The number of halogens is 1. The van der Waals surface area contributed by atoms with Crippen molar-refractivity contribution in [3.05, 3.63) is 27.8 Å². The van der Waals surface area contributed by atoms with E-state index in [0.717, 1.165) is 9.32 Å². The maximum absolute atomic E-state index is 10.9. The van der Waals surface area contributed by atoms with Gasteiger partial charge in [-0.25, -0.2) is 0 Å². The minimum atomic E-state index is -0.793. The molecule has 0 bridgehead atoms. The van der Waals surface area contributed by atoms with Crippen LogP contribution in [-0.2, 0) is 4.79 Å². The third-order valence-electron chi connectivity index (χ3n) is 2.40. The molecule has 0 atom stereocenters. The Labute approximate surface area is 109 Å². The third kappa shape index (κ3) is 3.66. The zero-order chi connectivity index (χ0) is 12.2. The first-order valence-electron chi connectivity index (χ1n) is 5.04. The molecule has 0 saturated heterocycles. The van der Waals surface area contributed by atoms with Crippen LogP contribution in [0.1, 0.15) is 20.3 Å². The van der Waals surface area contributed by atoms with Gasteiger partial charge in [0.1, 0.15) is 5.75 Å². The lowest BCUT2D eigenvalue weighted by Crippen LogP contribution is -2.25. The van der Waals surface area contributed by atoms with Gasteiger partial charge in [-0.15, -0.1) is 0 Å². The molecule has 0 aliphatic carbocycles. The highest BCUT2D eigenvalue weighted by atomic mass is 127. The molecule has 1 rings (SSSR count). The molecule has 0 aromatic heterocycles. The minimum absolute atomic E-state index is 0.416. The second-order valence-corrected chi connectivity index (χ2v) is 5.38. The van der Waals surface area contributed by atoms with Crippen LogP contribution in [0.3, 0.4) is 0 Å². The fourth-order valence-corrected chi connectivity index (χ4v) is 1.63. The van der Waals surface area contributed by atoms with Crippen LogP contribution < -0.4 is 4.74 Å². The van der Waals surface area contributed by atoms with Crippen LogP contribution >= 0.6 is 22.6 Å². The summed E-state index contributed by atoms with van der Waals surface area (Å²) < 4.78 is 6.59. The molecular formula is C12H15IO3. The highest BCUT2D eigenvalue weighted by Crippen LogP contribution is 2.23. The second-order valence-electron chi connectivity index (χ2n) is 4.22. The Morgan fingerprint density at radius 1 is 1.44 bits per heavy atom. The predicted molar refractivity (Wildman–Crippen MR) is 70.7 cm³/mol. The molecule has 4 heteroatoms. The Bertz CT molecular complexity index is 374. The van der Waals surface area contributed by atoms with Crippen molar-refractivity contribution < 1.29 is 14.6 Å². The molecule has 16 heavy (non-hydrogen) atoms. The van der Waals surface area contributed by atoms with Crippen molar-refractivity contribution in [3.63, 3.8) is 0 Å². The van der Waals surface area contributed by atoms with Crippen molar-refractivity contribution in [2.75, 3.05) is 6.61 Å². The van der Waals surface area contributed by atoms with E-state index in [-0.39, 0.29) is 0 Å². The van der Waals surface area contributed by atoms with Gasteiger partial charge in [-0.3, -0.25) is 4.79 Å². The summed E-state index contributed by atoms with van der Waals surface area (Å²) in [5.41, 5.74) is -0.736. The highest BCUT2D eigenvalue weighted by molar-refractivity contribution is 14.1. The number of rotatable bonds is 5. The molecule has 0 heterocycles. The summed E-state index contributed by atoms with van der Waals surface area (Å²) in [6.07, 6.45) is 0.493. The number of aliphatic carboxylic acids is 1. The smallest absolute Gasteiger partial charge is 0.309 e. The minimum Gasteiger partial charge on any atom is -0.492 e. The normalized spacial score (nSPS) is 11.2. The molecule has 0 saturated carbocycles. The van der Waals surface area contributed by atoms with E-state index in [0.29, 0.717) is 13.0 Å². The van der Waals surface area contributed by atoms with E-state index in [1.165, 1.54) is 0 Å². The second kappa shape index (κ2) is 5.52. The lowest BCUT2D eigenvalue weighted by molar-refractivity contribution is -0.147. The molecular weight excluding hydrogens is 319 g/mol. The first-order chi connectivity index (χ1) is 7.43. The summed E-state index contributed by atoms with van der Waals surface area (Å²) in [5.74, 6) is 0.0168. The van der Waals surface area contributed by atoms with E-state index in [9.17, 15) is 4.79 Å². The molecule has 0 fully saturated rings. The predicted octanol–water partition coefficient (Wildman–Crippen LogP) is 3.17. The Hall–Kier alpha value is -0.780. The summed E-state index contributed by atoms with van der Waals surface area (Å²) >= 11 is 2.19. The van der Waals surface area contributed by atoms with E-state index in [1.54, 1.807) is 13.8 Å². The van der Waals surface area contributed by atoms with E-state index >= 15 is 0 Å². The van der Waals surface area contributed by atoms with Gasteiger partial charge in [0.2, 0.25) is 0 Å². The summed E-state index contributed by atoms with van der Waals surface area (Å²) in [6.45, 7) is 3.82. The maximum atomic E-state index is 10.9. The Morgan fingerprint density at radius 2 is 2.06 bits per heavy atom. The van der Waals surface area contributed by atoms with Crippen molar-refractivity contribution in [2.24, 2.45) is 5.41 Å². The number of hydrogen-bond acceptors (Lipinski definition) is 2. The molecule has 0 unspecified atom stereocenters. The fraction of sp³-hybridized carbons (Fsp3) is 0.417. The molecule has 1 aromatic rings. The topological polar surface area (TPSA) is 46.5 Å². The van der Waals surface area contributed by atoms with Crippen LogP contribution in [0.4, 0.5) is 0 Å². The quantitative estimate of drug-likeness (QED) is 0.842. The number of benzene rings is 1. The molecule has 88 valence electrons. The number of ether oxygens (including phenoxy) is 1. The average molecular weight is 334 g/mol. The number of carboxylic acids is 1. The van der Waals surface area contributed by atoms with Gasteiger partial charge in [-0.1, -0.05) is 12.1 Å². The molecule has 0 aliphatic heterocycles. The van der Waals surface area contributed by atoms with Gasteiger partial charge >= 0.3 is 5.97 Å². The standard InChI is InChI=1S/C12H15IO3/c1-12(2,11(14)15)7-8-16-10-6-4-3-5-9(10)13/h3-6H,7-8H2,1-2H3,(H,14,15). The lowest BCUT2D eigenvalue weighted by atomic mass is 9.90. The van der Waals surface area contributed by atoms with Crippen LogP contribution in [0, 0.1) is 8.99 Å². The third-order valence-corrected chi connectivity index (χ3v) is 3.29. The Kier molecular flexibility index (Phi) is 4.58. The van der Waals surface area contributed by atoms with Gasteiger partial charge in [0, 0.05) is 0 Å². The van der Waals surface area contributed by atoms with Crippen LogP contribution in [0.25, 0.3) is 0 Å². The largest absolute Gasteiger partial charge is 0.492 e. The zero-order valence-electron chi connectivity index (χ0n) is 9.37. The summed E-state index contributed by atoms with van der Waals surface area (Å²) in [6, 6.07) is 7.68. The SMILES string of the molecule is CC(C)(CCOc1ccccc1I)C(=O)O. The number of hydrogen-bond donors (Lipinski definition) is 1. The van der Waals surface area contributed by atoms with Gasteiger partial charge in [-0.2, -0.15) is 0 Å². The molecule has 0 aliphatic rings. The van der Waals surface area contributed by atoms with Crippen molar-refractivity contribution in [2.45, 2.75) is 20.3 Å². The summed E-state index contributed by atoms with van der Waals surface area (Å²) in [7, 11) is 0. The Balaban J connectivity index is 2.48. The fourth-order valence-electron chi connectivity index (χ4n) is 1.08. The number of carbonyl (C=O) groups is 1. The maximum Gasteiger partial charge on any atom is 0.309 e. The lowest BCUT2D eigenvalue weighted by Gasteiger charge is -2.19. The first-order valence-corrected chi connectivity index (χ1v) is 6.12. The Morgan fingerprint density at radius 3 is 2.62 bits per heavy atom. The monoisotopic (exact) mass is 334 g/mol. The van der Waals surface area contributed by atoms with Gasteiger partial charge in [0.05, 0.1) is 15.6 Å². The van der Waals surface area contributed by atoms with Gasteiger partial charge in [0.25, 0.3) is 0 Å². The average Bonchev–Trinajstić information content (AvgIpc) is 2.20. The molecule has 0 amide bonds. The molecule has 0 radical (unpaired) electrons. The van der Waals surface area contributed by atoms with Gasteiger partial charge in [-0.05, 0) is 55.0 Å².